The molecule has 0 aliphatic rings. The summed E-state index contributed by atoms with van der Waals surface area (Å²) in [6.07, 6.45) is -8.14. The van der Waals surface area contributed by atoms with E-state index in [9.17, 15) is 26.7 Å². The van der Waals surface area contributed by atoms with Crippen molar-refractivity contribution < 1.29 is 31.5 Å². The second-order valence-corrected chi connectivity index (χ2v) is 2.65. The molecule has 0 aromatic rings. The maximum Gasteiger partial charge on any atom is 0.418 e. The molecule has 0 aliphatic carbocycles. The van der Waals surface area contributed by atoms with Crippen LogP contribution in [0, 0.1) is 5.92 Å². The summed E-state index contributed by atoms with van der Waals surface area (Å²) >= 11 is 0. The average Bonchev–Trinajstić information content (AvgIpc) is 2.00. The van der Waals surface area contributed by atoms with Crippen molar-refractivity contribution in [1.29, 1.82) is 0 Å². The summed E-state index contributed by atoms with van der Waals surface area (Å²) in [7, 11) is 0. The minimum absolute atomic E-state index is 0.164. The van der Waals surface area contributed by atoms with Crippen molar-refractivity contribution in [2.24, 2.45) is 5.92 Å². The lowest BCUT2D eigenvalue weighted by Crippen LogP contribution is -2.26. The van der Waals surface area contributed by atoms with Gasteiger partial charge in [-0.1, -0.05) is 0 Å². The van der Waals surface area contributed by atoms with Crippen molar-refractivity contribution in [3.05, 3.63) is 11.7 Å². The average molecular weight is 232 g/mol. The van der Waals surface area contributed by atoms with E-state index in [1.54, 1.807) is 0 Å². The number of rotatable bonds is 3. The van der Waals surface area contributed by atoms with Crippen LogP contribution in [-0.4, -0.2) is 18.8 Å². The van der Waals surface area contributed by atoms with E-state index >= 15 is 0 Å². The summed E-state index contributed by atoms with van der Waals surface area (Å²) in [6, 6.07) is 0. The Labute approximate surface area is 82.7 Å². The Balaban J connectivity index is 4.99. The lowest BCUT2D eigenvalue weighted by Gasteiger charge is -2.16. The van der Waals surface area contributed by atoms with Gasteiger partial charge in [-0.2, -0.15) is 22.0 Å². The SMILES string of the molecule is CCOC(=O)C(C)C(=C(F)F)C(F)(F)F. The Bertz CT molecular complexity index is 265. The predicted octanol–water partition coefficient (Wildman–Crippen LogP) is 2.90. The van der Waals surface area contributed by atoms with Crippen LogP contribution in [0.1, 0.15) is 13.8 Å². The van der Waals surface area contributed by atoms with E-state index in [0.717, 1.165) is 6.92 Å². The quantitative estimate of drug-likeness (QED) is 0.552. The highest BCUT2D eigenvalue weighted by molar-refractivity contribution is 5.75. The van der Waals surface area contributed by atoms with E-state index in [2.05, 4.69) is 4.74 Å². The molecule has 0 radical (unpaired) electrons. The molecular formula is C8H9F5O2. The molecule has 88 valence electrons. The van der Waals surface area contributed by atoms with Crippen molar-refractivity contribution in [2.45, 2.75) is 20.0 Å². The zero-order valence-electron chi connectivity index (χ0n) is 7.99. The number of carbonyl (C=O) groups excluding carboxylic acids is 1. The van der Waals surface area contributed by atoms with E-state index in [-0.39, 0.29) is 6.61 Å². The highest BCUT2D eigenvalue weighted by atomic mass is 19.4. The zero-order valence-corrected chi connectivity index (χ0v) is 7.99. The van der Waals surface area contributed by atoms with Gasteiger partial charge in [-0.25, -0.2) is 0 Å². The number of ether oxygens (including phenoxy) is 1. The molecule has 0 heterocycles. The molecule has 0 saturated carbocycles. The van der Waals surface area contributed by atoms with Crippen LogP contribution in [0.4, 0.5) is 22.0 Å². The van der Waals surface area contributed by atoms with E-state index in [1.807, 2.05) is 0 Å². The van der Waals surface area contributed by atoms with Crippen molar-refractivity contribution in [1.82, 2.24) is 0 Å². The normalized spacial score (nSPS) is 13.3. The van der Waals surface area contributed by atoms with Crippen LogP contribution in [0.3, 0.4) is 0 Å². The van der Waals surface area contributed by atoms with Gasteiger partial charge in [0.2, 0.25) is 0 Å². The van der Waals surface area contributed by atoms with Crippen molar-refractivity contribution in [3.63, 3.8) is 0 Å². The summed E-state index contributed by atoms with van der Waals surface area (Å²) in [5, 5.41) is 0. The van der Waals surface area contributed by atoms with Gasteiger partial charge >= 0.3 is 12.1 Å². The maximum absolute atomic E-state index is 12.1. The third-order valence-electron chi connectivity index (χ3n) is 1.58. The summed E-state index contributed by atoms with van der Waals surface area (Å²) in [6.45, 7) is 1.93. The summed E-state index contributed by atoms with van der Waals surface area (Å²) in [5.74, 6) is -3.34. The molecule has 7 heteroatoms. The number of carbonyl (C=O) groups is 1. The van der Waals surface area contributed by atoms with E-state index in [1.165, 1.54) is 6.92 Å². The van der Waals surface area contributed by atoms with Crippen LogP contribution in [0.15, 0.2) is 11.7 Å². The molecule has 0 fully saturated rings. The molecule has 0 rings (SSSR count). The van der Waals surface area contributed by atoms with Crippen LogP contribution in [0.5, 0.6) is 0 Å². The molecule has 0 saturated heterocycles. The molecule has 0 aromatic heterocycles. The molecule has 15 heavy (non-hydrogen) atoms. The van der Waals surface area contributed by atoms with Crippen molar-refractivity contribution >= 4 is 5.97 Å². The molecule has 1 atom stereocenters. The Kier molecular flexibility index (Phi) is 4.70. The first-order valence-electron chi connectivity index (χ1n) is 4.00. The standard InChI is InChI=1S/C8H9F5O2/c1-3-15-7(14)4(2)5(6(9)10)8(11,12)13/h4H,3H2,1-2H3. The van der Waals surface area contributed by atoms with Gasteiger partial charge < -0.3 is 4.74 Å². The van der Waals surface area contributed by atoms with E-state index in [0.29, 0.717) is 0 Å². The second-order valence-electron chi connectivity index (χ2n) is 2.65. The van der Waals surface area contributed by atoms with Crippen molar-refractivity contribution in [3.8, 4) is 0 Å². The van der Waals surface area contributed by atoms with Crippen LogP contribution >= 0.6 is 0 Å². The van der Waals surface area contributed by atoms with Crippen molar-refractivity contribution in [2.75, 3.05) is 6.61 Å². The fourth-order valence-electron chi connectivity index (χ4n) is 0.901. The molecule has 0 spiro atoms. The van der Waals surface area contributed by atoms with Gasteiger partial charge in [0.15, 0.2) is 0 Å². The van der Waals surface area contributed by atoms with Gasteiger partial charge in [0.05, 0.1) is 12.5 Å². The highest BCUT2D eigenvalue weighted by Gasteiger charge is 2.44. The largest absolute Gasteiger partial charge is 0.466 e. The molecule has 0 aromatic carbocycles. The molecule has 0 bridgehead atoms. The fraction of sp³-hybridized carbons (Fsp3) is 0.625. The number of hydrogen-bond acceptors (Lipinski definition) is 2. The lowest BCUT2D eigenvalue weighted by molar-refractivity contribution is -0.151. The first-order valence-corrected chi connectivity index (χ1v) is 4.00. The van der Waals surface area contributed by atoms with Gasteiger partial charge in [0, 0.05) is 0 Å². The summed E-state index contributed by atoms with van der Waals surface area (Å²) in [5.41, 5.74) is -2.15. The smallest absolute Gasteiger partial charge is 0.418 e. The lowest BCUT2D eigenvalue weighted by atomic mass is 10.0. The highest BCUT2D eigenvalue weighted by Crippen LogP contribution is 2.35. The molecule has 2 nitrogen and oxygen atoms in total. The topological polar surface area (TPSA) is 26.3 Å². The van der Waals surface area contributed by atoms with Gasteiger partial charge in [-0.05, 0) is 13.8 Å². The monoisotopic (exact) mass is 232 g/mol. The minimum Gasteiger partial charge on any atom is -0.466 e. The third-order valence-corrected chi connectivity index (χ3v) is 1.58. The maximum atomic E-state index is 12.1. The first-order chi connectivity index (χ1) is 6.71. The Morgan fingerprint density at radius 1 is 1.33 bits per heavy atom. The molecular weight excluding hydrogens is 223 g/mol. The Hall–Kier alpha value is -1.14. The first kappa shape index (κ1) is 13.9. The van der Waals surface area contributed by atoms with Crippen LogP contribution in [-0.2, 0) is 9.53 Å². The van der Waals surface area contributed by atoms with Gasteiger partial charge in [-0.3, -0.25) is 4.79 Å². The zero-order chi connectivity index (χ0) is 12.2. The third kappa shape index (κ3) is 3.85. The number of halogens is 5. The molecule has 0 aliphatic heterocycles. The minimum atomic E-state index is -5.23. The fourth-order valence-corrected chi connectivity index (χ4v) is 0.901. The number of hydrogen-bond donors (Lipinski definition) is 0. The predicted molar refractivity (Wildman–Crippen MR) is 41.1 cm³/mol. The Morgan fingerprint density at radius 2 is 1.80 bits per heavy atom. The van der Waals surface area contributed by atoms with Gasteiger partial charge in [0.1, 0.15) is 5.57 Å². The Morgan fingerprint density at radius 3 is 2.07 bits per heavy atom. The van der Waals surface area contributed by atoms with E-state index < -0.39 is 29.7 Å². The van der Waals surface area contributed by atoms with Crippen LogP contribution in [0.2, 0.25) is 0 Å². The summed E-state index contributed by atoms with van der Waals surface area (Å²) in [4.78, 5) is 10.8. The molecule has 0 N–H and O–H groups in total. The molecule has 0 amide bonds. The summed E-state index contributed by atoms with van der Waals surface area (Å²) < 4.78 is 64.4. The second kappa shape index (κ2) is 5.09. The van der Waals surface area contributed by atoms with Crippen LogP contribution < -0.4 is 0 Å². The van der Waals surface area contributed by atoms with Gasteiger partial charge in [0.25, 0.3) is 6.08 Å². The van der Waals surface area contributed by atoms with E-state index in [4.69, 9.17) is 0 Å². The number of esters is 1. The molecule has 1 unspecified atom stereocenters. The van der Waals surface area contributed by atoms with Crippen LogP contribution in [0.25, 0.3) is 0 Å². The van der Waals surface area contributed by atoms with Gasteiger partial charge in [-0.15, -0.1) is 0 Å². The number of alkyl halides is 3.